The number of nitrogen functional groups attached to an aromatic ring is 1. The van der Waals surface area contributed by atoms with Crippen LogP contribution < -0.4 is 5.73 Å². The van der Waals surface area contributed by atoms with Crippen molar-refractivity contribution in [2.75, 3.05) is 5.73 Å². The molecule has 0 amide bonds. The topological polar surface area (TPSA) is 52.0 Å². The van der Waals surface area contributed by atoms with Crippen molar-refractivity contribution in [2.24, 2.45) is 0 Å². The first-order valence-electron chi connectivity index (χ1n) is 3.06. The molecule has 0 spiro atoms. The maximum absolute atomic E-state index is 5.84. The molecule has 0 saturated heterocycles. The van der Waals surface area contributed by atoms with Crippen LogP contribution in [0.25, 0.3) is 11.1 Å². The van der Waals surface area contributed by atoms with E-state index in [1.54, 1.807) is 6.07 Å². The van der Waals surface area contributed by atoms with Crippen molar-refractivity contribution >= 4 is 28.4 Å². The van der Waals surface area contributed by atoms with E-state index in [9.17, 15) is 0 Å². The minimum atomic E-state index is 0.473. The molecule has 0 saturated carbocycles. The molecule has 0 unspecified atom stereocenters. The quantitative estimate of drug-likeness (QED) is 0.655. The summed E-state index contributed by atoms with van der Waals surface area (Å²) in [6, 6.07) is 1.74. The fourth-order valence-corrected chi connectivity index (χ4v) is 1.10. The van der Waals surface area contributed by atoms with Gasteiger partial charge >= 0.3 is 0 Å². The molecular weight excluding hydrogens is 164 g/mol. The molecule has 0 bridgehead atoms. The number of aromatic nitrogens is 1. The number of halogens is 1. The maximum Gasteiger partial charge on any atom is 0.227 e. The van der Waals surface area contributed by atoms with Crippen LogP contribution in [0.5, 0.6) is 0 Å². The van der Waals surface area contributed by atoms with Crippen molar-refractivity contribution in [1.29, 1.82) is 0 Å². The summed E-state index contributed by atoms with van der Waals surface area (Å²) < 4.78 is 5.00. The minimum Gasteiger partial charge on any atom is -0.446 e. The summed E-state index contributed by atoms with van der Waals surface area (Å²) in [6.07, 6.45) is 3.01. The minimum absolute atomic E-state index is 0.473. The lowest BCUT2D eigenvalue weighted by Crippen LogP contribution is -1.87. The van der Waals surface area contributed by atoms with Crippen molar-refractivity contribution in [1.82, 2.24) is 4.98 Å². The molecule has 0 aliphatic rings. The van der Waals surface area contributed by atoms with Gasteiger partial charge in [0.1, 0.15) is 0 Å². The number of nitrogens with zero attached hydrogens (tertiary/aromatic N) is 1. The normalized spacial score (nSPS) is 10.6. The van der Waals surface area contributed by atoms with Crippen molar-refractivity contribution < 1.29 is 4.42 Å². The number of hydrogen-bond donors (Lipinski definition) is 1. The Morgan fingerprint density at radius 1 is 1.55 bits per heavy atom. The third-order valence-electron chi connectivity index (χ3n) is 1.46. The van der Waals surface area contributed by atoms with Crippen LogP contribution in [0.4, 0.5) is 5.69 Å². The van der Waals surface area contributed by atoms with Gasteiger partial charge in [0.2, 0.25) is 5.71 Å². The molecular formula is C7H5ClN2O. The van der Waals surface area contributed by atoms with Gasteiger partial charge in [-0.15, -0.1) is 0 Å². The molecule has 0 aliphatic carbocycles. The second-order valence-corrected chi connectivity index (χ2v) is 2.54. The Bertz CT molecular complexity index is 396. The van der Waals surface area contributed by atoms with Gasteiger partial charge in [-0.1, -0.05) is 11.6 Å². The average Bonchev–Trinajstić information content (AvgIpc) is 2.45. The van der Waals surface area contributed by atoms with Gasteiger partial charge in [0.05, 0.1) is 28.6 Å². The lowest BCUT2D eigenvalue weighted by atomic mass is 10.3. The average molecular weight is 169 g/mol. The van der Waals surface area contributed by atoms with E-state index in [0.717, 1.165) is 5.39 Å². The predicted octanol–water partition coefficient (Wildman–Crippen LogP) is 2.06. The Kier molecular flexibility index (Phi) is 1.26. The van der Waals surface area contributed by atoms with Gasteiger partial charge in [-0.25, -0.2) is 4.98 Å². The third kappa shape index (κ3) is 0.851. The Morgan fingerprint density at radius 2 is 2.36 bits per heavy atom. The molecule has 2 aromatic heterocycles. The number of nitrogens with two attached hydrogens (primary N) is 1. The zero-order valence-electron chi connectivity index (χ0n) is 5.54. The first-order valence-corrected chi connectivity index (χ1v) is 3.44. The highest BCUT2D eigenvalue weighted by Crippen LogP contribution is 2.27. The summed E-state index contributed by atoms with van der Waals surface area (Å²) >= 11 is 5.84. The Balaban J connectivity index is 2.93. The van der Waals surface area contributed by atoms with Crippen LogP contribution in [0.3, 0.4) is 0 Å². The second-order valence-electron chi connectivity index (χ2n) is 2.17. The van der Waals surface area contributed by atoms with Gasteiger partial charge in [-0.3, -0.25) is 0 Å². The van der Waals surface area contributed by atoms with Crippen LogP contribution in [0.15, 0.2) is 22.9 Å². The molecule has 0 radical (unpaired) electrons. The molecule has 11 heavy (non-hydrogen) atoms. The highest BCUT2D eigenvalue weighted by Gasteiger charge is 2.04. The van der Waals surface area contributed by atoms with Crippen LogP contribution in [0.2, 0.25) is 5.02 Å². The van der Waals surface area contributed by atoms with Crippen molar-refractivity contribution in [3.63, 3.8) is 0 Å². The number of rotatable bonds is 0. The fourth-order valence-electron chi connectivity index (χ4n) is 0.909. The molecule has 0 fully saturated rings. The summed E-state index contributed by atoms with van der Waals surface area (Å²) in [5.41, 5.74) is 6.50. The standard InChI is InChI=1S/C7H5ClN2O/c8-6-4-1-2-11-7(4)10-3-5(6)9/h1-3H,9H2. The monoisotopic (exact) mass is 168 g/mol. The summed E-state index contributed by atoms with van der Waals surface area (Å²) in [7, 11) is 0. The second kappa shape index (κ2) is 2.13. The SMILES string of the molecule is Nc1cnc2occc2c1Cl. The number of fused-ring (bicyclic) bond motifs is 1. The summed E-state index contributed by atoms with van der Waals surface area (Å²) in [6.45, 7) is 0. The molecule has 0 atom stereocenters. The van der Waals surface area contributed by atoms with Crippen LogP contribution in [-0.2, 0) is 0 Å². The smallest absolute Gasteiger partial charge is 0.227 e. The number of furan rings is 1. The lowest BCUT2D eigenvalue weighted by molar-refractivity contribution is 0.603. The van der Waals surface area contributed by atoms with Gasteiger partial charge < -0.3 is 10.2 Å². The summed E-state index contributed by atoms with van der Waals surface area (Å²) in [5, 5.41) is 1.26. The third-order valence-corrected chi connectivity index (χ3v) is 1.88. The van der Waals surface area contributed by atoms with Gasteiger partial charge in [0.25, 0.3) is 0 Å². The fraction of sp³-hybridized carbons (Fsp3) is 0. The molecule has 4 heteroatoms. The van der Waals surface area contributed by atoms with E-state index in [2.05, 4.69) is 4.98 Å². The number of pyridine rings is 1. The zero-order chi connectivity index (χ0) is 7.84. The molecule has 2 N–H and O–H groups in total. The Labute approximate surface area is 67.8 Å². The molecule has 2 aromatic rings. The van der Waals surface area contributed by atoms with E-state index in [1.165, 1.54) is 12.5 Å². The van der Waals surface area contributed by atoms with E-state index < -0.39 is 0 Å². The summed E-state index contributed by atoms with van der Waals surface area (Å²) in [5.74, 6) is 0. The van der Waals surface area contributed by atoms with Gasteiger partial charge in [-0.2, -0.15) is 0 Å². The lowest BCUT2D eigenvalue weighted by Gasteiger charge is -1.95. The maximum atomic E-state index is 5.84. The van der Waals surface area contributed by atoms with Crippen LogP contribution in [-0.4, -0.2) is 4.98 Å². The Morgan fingerprint density at radius 3 is 3.18 bits per heavy atom. The molecule has 2 rings (SSSR count). The van der Waals surface area contributed by atoms with E-state index in [4.69, 9.17) is 21.8 Å². The molecule has 2 heterocycles. The van der Waals surface area contributed by atoms with E-state index >= 15 is 0 Å². The highest BCUT2D eigenvalue weighted by atomic mass is 35.5. The van der Waals surface area contributed by atoms with Gasteiger partial charge in [0.15, 0.2) is 0 Å². The molecule has 56 valence electrons. The highest BCUT2D eigenvalue weighted by molar-refractivity contribution is 6.37. The first kappa shape index (κ1) is 6.49. The van der Waals surface area contributed by atoms with E-state index in [0.29, 0.717) is 16.4 Å². The van der Waals surface area contributed by atoms with Crippen LogP contribution in [0.1, 0.15) is 0 Å². The predicted molar refractivity (Wildman–Crippen MR) is 43.4 cm³/mol. The first-order chi connectivity index (χ1) is 5.29. The van der Waals surface area contributed by atoms with E-state index in [1.807, 2.05) is 0 Å². The van der Waals surface area contributed by atoms with Gasteiger partial charge in [-0.05, 0) is 6.07 Å². The van der Waals surface area contributed by atoms with Crippen LogP contribution >= 0.6 is 11.6 Å². The molecule has 3 nitrogen and oxygen atoms in total. The zero-order valence-corrected chi connectivity index (χ0v) is 6.30. The Hall–Kier alpha value is -1.22. The van der Waals surface area contributed by atoms with Crippen molar-refractivity contribution in [2.45, 2.75) is 0 Å². The van der Waals surface area contributed by atoms with E-state index in [-0.39, 0.29) is 0 Å². The van der Waals surface area contributed by atoms with Crippen molar-refractivity contribution in [3.05, 3.63) is 23.5 Å². The van der Waals surface area contributed by atoms with Crippen LogP contribution in [0, 0.1) is 0 Å². The molecule has 0 aromatic carbocycles. The van der Waals surface area contributed by atoms with Crippen molar-refractivity contribution in [3.8, 4) is 0 Å². The summed E-state index contributed by atoms with van der Waals surface area (Å²) in [4.78, 5) is 3.93. The van der Waals surface area contributed by atoms with Gasteiger partial charge in [0, 0.05) is 0 Å². The number of anilines is 1. The number of hydrogen-bond acceptors (Lipinski definition) is 3. The largest absolute Gasteiger partial charge is 0.446 e. The molecule has 0 aliphatic heterocycles.